The molecule has 0 aromatic heterocycles. The molecule has 1 nitrogen and oxygen atoms in total. The molecule has 3 aromatic rings. The number of fused-ring (bicyclic) bond motifs is 1. The third kappa shape index (κ3) is 4.76. The number of allylic oxidation sites excluding steroid dienone is 1. The lowest BCUT2D eigenvalue weighted by Crippen LogP contribution is -2.40. The lowest BCUT2D eigenvalue weighted by atomic mass is 9.87. The van der Waals surface area contributed by atoms with Crippen molar-refractivity contribution >= 4 is 17.2 Å². The summed E-state index contributed by atoms with van der Waals surface area (Å²) >= 11 is 0. The molecule has 1 saturated heterocycles. The van der Waals surface area contributed by atoms with E-state index in [1.165, 1.54) is 22.3 Å². The zero-order chi connectivity index (χ0) is 23.5. The molecule has 0 amide bonds. The van der Waals surface area contributed by atoms with Gasteiger partial charge in [0, 0.05) is 25.2 Å². The number of aryl methyl sites for hydroxylation is 2. The van der Waals surface area contributed by atoms with Crippen LogP contribution in [0.1, 0.15) is 52.6 Å². The Morgan fingerprint density at radius 3 is 2.47 bits per heavy atom. The summed E-state index contributed by atoms with van der Waals surface area (Å²) in [6.07, 6.45) is 5.71. The van der Waals surface area contributed by atoms with Gasteiger partial charge in [-0.1, -0.05) is 66.7 Å². The normalized spacial score (nSPS) is 16.1. The molecule has 0 saturated carbocycles. The van der Waals surface area contributed by atoms with Crippen molar-refractivity contribution < 1.29 is 8.78 Å². The second-order valence-corrected chi connectivity index (χ2v) is 9.53. The van der Waals surface area contributed by atoms with Gasteiger partial charge < -0.3 is 0 Å². The van der Waals surface area contributed by atoms with Gasteiger partial charge in [0.1, 0.15) is 5.82 Å². The van der Waals surface area contributed by atoms with Crippen LogP contribution in [0.2, 0.25) is 0 Å². The number of rotatable bonds is 6. The number of benzene rings is 3. The number of halogens is 2. The van der Waals surface area contributed by atoms with Gasteiger partial charge in [-0.3, -0.25) is 9.29 Å². The van der Waals surface area contributed by atoms with Gasteiger partial charge in [-0.25, -0.2) is 4.39 Å². The average molecular weight is 456 g/mol. The van der Waals surface area contributed by atoms with Crippen LogP contribution >= 0.6 is 0 Å². The van der Waals surface area contributed by atoms with Crippen LogP contribution in [-0.4, -0.2) is 31.2 Å². The van der Waals surface area contributed by atoms with Crippen molar-refractivity contribution in [3.63, 3.8) is 0 Å². The SMILES string of the molecule is Cc1ccc(C2=C(c3ccc(C=C4CN(CCCF)C4)cc3)c3ccccc3CCC2)c(F)c1. The third-order valence-corrected chi connectivity index (χ3v) is 6.94. The molecule has 1 aliphatic heterocycles. The summed E-state index contributed by atoms with van der Waals surface area (Å²) in [5.74, 6) is -0.143. The Labute approximate surface area is 201 Å². The van der Waals surface area contributed by atoms with Gasteiger partial charge in [0.05, 0.1) is 6.67 Å². The minimum Gasteiger partial charge on any atom is -0.295 e. The highest BCUT2D eigenvalue weighted by Gasteiger charge is 2.22. The monoisotopic (exact) mass is 455 g/mol. The van der Waals surface area contributed by atoms with Gasteiger partial charge >= 0.3 is 0 Å². The lowest BCUT2D eigenvalue weighted by Gasteiger charge is -2.33. The molecule has 0 spiro atoms. The first kappa shape index (κ1) is 22.7. The Morgan fingerprint density at radius 2 is 1.71 bits per heavy atom. The van der Waals surface area contributed by atoms with Gasteiger partial charge in [-0.2, -0.15) is 0 Å². The second kappa shape index (κ2) is 10.1. The number of nitrogens with zero attached hydrogens (tertiary/aromatic N) is 1. The molecule has 1 aliphatic carbocycles. The highest BCUT2D eigenvalue weighted by molar-refractivity contribution is 6.00. The van der Waals surface area contributed by atoms with Gasteiger partial charge in [-0.15, -0.1) is 0 Å². The maximum Gasteiger partial charge on any atom is 0.130 e. The molecule has 1 heterocycles. The van der Waals surface area contributed by atoms with Gasteiger partial charge in [-0.05, 0) is 83.2 Å². The van der Waals surface area contributed by atoms with Crippen LogP contribution in [0.3, 0.4) is 0 Å². The van der Waals surface area contributed by atoms with Crippen molar-refractivity contribution in [2.75, 3.05) is 26.3 Å². The van der Waals surface area contributed by atoms with Gasteiger partial charge in [0.2, 0.25) is 0 Å². The summed E-state index contributed by atoms with van der Waals surface area (Å²) in [5, 5.41) is 0. The van der Waals surface area contributed by atoms with Crippen LogP contribution < -0.4 is 0 Å². The summed E-state index contributed by atoms with van der Waals surface area (Å²) in [5.41, 5.74) is 10.1. The Balaban J connectivity index is 1.52. The van der Waals surface area contributed by atoms with E-state index in [0.29, 0.717) is 12.0 Å². The summed E-state index contributed by atoms with van der Waals surface area (Å²) in [6.45, 7) is 4.37. The smallest absolute Gasteiger partial charge is 0.130 e. The lowest BCUT2D eigenvalue weighted by molar-refractivity contribution is 0.239. The molecule has 0 atom stereocenters. The van der Waals surface area contributed by atoms with Crippen LogP contribution in [-0.2, 0) is 6.42 Å². The molecule has 1 fully saturated rings. The largest absolute Gasteiger partial charge is 0.295 e. The van der Waals surface area contributed by atoms with Crippen molar-refractivity contribution in [1.82, 2.24) is 4.90 Å². The molecule has 0 bridgehead atoms. The van der Waals surface area contributed by atoms with E-state index >= 15 is 4.39 Å². The first-order chi connectivity index (χ1) is 16.6. The highest BCUT2D eigenvalue weighted by atomic mass is 19.1. The molecule has 34 heavy (non-hydrogen) atoms. The molecular weight excluding hydrogens is 424 g/mol. The number of likely N-dealkylation sites (tertiary alicyclic amines) is 1. The second-order valence-electron chi connectivity index (χ2n) is 9.53. The number of hydrogen-bond acceptors (Lipinski definition) is 1. The predicted molar refractivity (Wildman–Crippen MR) is 138 cm³/mol. The fourth-order valence-electron chi connectivity index (χ4n) is 5.23. The van der Waals surface area contributed by atoms with E-state index in [-0.39, 0.29) is 12.5 Å². The van der Waals surface area contributed by atoms with Crippen molar-refractivity contribution in [3.8, 4) is 0 Å². The fourth-order valence-corrected chi connectivity index (χ4v) is 5.23. The van der Waals surface area contributed by atoms with Crippen molar-refractivity contribution in [3.05, 3.63) is 112 Å². The zero-order valence-corrected chi connectivity index (χ0v) is 19.8. The average Bonchev–Trinajstić information content (AvgIpc) is 3.00. The maximum absolute atomic E-state index is 15.1. The maximum atomic E-state index is 15.1. The number of hydrogen-bond donors (Lipinski definition) is 0. The van der Waals surface area contributed by atoms with E-state index < -0.39 is 0 Å². The Kier molecular flexibility index (Phi) is 6.73. The van der Waals surface area contributed by atoms with Crippen molar-refractivity contribution in [2.24, 2.45) is 0 Å². The minimum absolute atomic E-state index is 0.143. The minimum atomic E-state index is -0.246. The molecule has 2 aliphatic rings. The molecule has 0 radical (unpaired) electrons. The first-order valence-corrected chi connectivity index (χ1v) is 12.3. The van der Waals surface area contributed by atoms with E-state index in [2.05, 4.69) is 59.5 Å². The van der Waals surface area contributed by atoms with Crippen molar-refractivity contribution in [2.45, 2.75) is 32.6 Å². The van der Waals surface area contributed by atoms with Crippen LogP contribution in [0, 0.1) is 12.7 Å². The zero-order valence-electron chi connectivity index (χ0n) is 19.8. The molecule has 3 heteroatoms. The van der Waals surface area contributed by atoms with Crippen LogP contribution in [0.15, 0.2) is 72.3 Å². The van der Waals surface area contributed by atoms with E-state index in [9.17, 15) is 4.39 Å². The fraction of sp³-hybridized carbons (Fsp3) is 0.290. The molecule has 0 unspecified atom stereocenters. The van der Waals surface area contributed by atoms with Crippen LogP contribution in [0.25, 0.3) is 17.2 Å². The molecule has 174 valence electrons. The standard InChI is InChI=1S/C31H31F2N/c1-22-10-15-28(30(33)18-22)29-9-4-7-25-6-2-3-8-27(25)31(29)26-13-11-23(12-14-26)19-24-20-34(21-24)17-5-16-32/h2-3,6,8,10-15,18-19H,4-5,7,9,16-17,20-21H2,1H3. The molecular formula is C31H31F2N. The third-order valence-electron chi connectivity index (χ3n) is 6.94. The molecule has 0 N–H and O–H groups in total. The summed E-state index contributed by atoms with van der Waals surface area (Å²) in [4.78, 5) is 2.27. The topological polar surface area (TPSA) is 3.24 Å². The molecule has 3 aromatic carbocycles. The Morgan fingerprint density at radius 1 is 0.912 bits per heavy atom. The highest BCUT2D eigenvalue weighted by Crippen LogP contribution is 2.40. The van der Waals surface area contributed by atoms with E-state index in [1.807, 2.05) is 19.1 Å². The molecule has 5 rings (SSSR count). The Hall–Kier alpha value is -3.04. The predicted octanol–water partition coefficient (Wildman–Crippen LogP) is 7.49. The Bertz CT molecular complexity index is 1230. The van der Waals surface area contributed by atoms with Gasteiger partial charge in [0.15, 0.2) is 0 Å². The van der Waals surface area contributed by atoms with E-state index in [1.54, 1.807) is 6.07 Å². The van der Waals surface area contributed by atoms with Gasteiger partial charge in [0.25, 0.3) is 0 Å². The summed E-state index contributed by atoms with van der Waals surface area (Å²) in [6, 6.07) is 22.8. The summed E-state index contributed by atoms with van der Waals surface area (Å²) < 4.78 is 27.5. The summed E-state index contributed by atoms with van der Waals surface area (Å²) in [7, 11) is 0. The number of alkyl halides is 1. The van der Waals surface area contributed by atoms with Crippen molar-refractivity contribution in [1.29, 1.82) is 0 Å². The first-order valence-electron chi connectivity index (χ1n) is 12.3. The quantitative estimate of drug-likeness (QED) is 0.372. The van der Waals surface area contributed by atoms with Crippen LogP contribution in [0.4, 0.5) is 8.78 Å². The van der Waals surface area contributed by atoms with E-state index in [4.69, 9.17) is 0 Å². The van der Waals surface area contributed by atoms with E-state index in [0.717, 1.165) is 61.2 Å². The van der Waals surface area contributed by atoms with Crippen LogP contribution in [0.5, 0.6) is 0 Å².